The van der Waals surface area contributed by atoms with Crippen molar-refractivity contribution in [1.29, 1.82) is 0 Å². The van der Waals surface area contributed by atoms with Crippen molar-refractivity contribution < 1.29 is 28.9 Å². The number of amides is 2. The number of hydrogen-bond donors (Lipinski definition) is 3. The average molecular weight is 577 g/mol. The Morgan fingerprint density at radius 1 is 1.10 bits per heavy atom. The second-order valence-corrected chi connectivity index (χ2v) is 10.1. The van der Waals surface area contributed by atoms with Gasteiger partial charge in [0.05, 0.1) is 12.1 Å². The fraction of sp³-hybridized carbons (Fsp3) is 0.290. The SMILES string of the molecule is CC(CO)NC(=O)c1c(O)c2ncc(Cc3ccc(F)cc3)cc2n(CCCN(C)C(=O)OCc2ccccc2)c1=O. The molecule has 220 valence electrons. The molecule has 0 aliphatic heterocycles. The summed E-state index contributed by atoms with van der Waals surface area (Å²) in [4.78, 5) is 44.8. The number of aromatic nitrogens is 2. The van der Waals surface area contributed by atoms with Crippen LogP contribution in [0.25, 0.3) is 11.0 Å². The summed E-state index contributed by atoms with van der Waals surface area (Å²) in [6.07, 6.45) is 1.72. The summed E-state index contributed by atoms with van der Waals surface area (Å²) in [7, 11) is 1.59. The molecule has 4 rings (SSSR count). The van der Waals surface area contributed by atoms with Gasteiger partial charge in [0, 0.05) is 32.4 Å². The fourth-order valence-corrected chi connectivity index (χ4v) is 4.44. The van der Waals surface area contributed by atoms with Gasteiger partial charge in [-0.25, -0.2) is 9.18 Å². The number of fused-ring (bicyclic) bond motifs is 1. The number of hydrogen-bond acceptors (Lipinski definition) is 7. The number of aryl methyl sites for hydroxylation is 1. The molecule has 10 nitrogen and oxygen atoms in total. The van der Waals surface area contributed by atoms with E-state index in [1.807, 2.05) is 30.3 Å². The average Bonchev–Trinajstić information content (AvgIpc) is 2.99. The number of rotatable bonds is 11. The maximum atomic E-state index is 13.6. The normalized spacial score (nSPS) is 11.7. The molecule has 2 amide bonds. The lowest BCUT2D eigenvalue weighted by Gasteiger charge is -2.19. The third kappa shape index (κ3) is 7.29. The largest absolute Gasteiger partial charge is 0.505 e. The maximum Gasteiger partial charge on any atom is 0.409 e. The molecule has 4 aromatic rings. The first-order valence-corrected chi connectivity index (χ1v) is 13.5. The minimum atomic E-state index is -0.839. The van der Waals surface area contributed by atoms with Crippen LogP contribution in [0.4, 0.5) is 9.18 Å². The number of aromatic hydroxyl groups is 1. The van der Waals surface area contributed by atoms with Crippen molar-refractivity contribution in [2.24, 2.45) is 0 Å². The molecule has 3 N–H and O–H groups in total. The van der Waals surface area contributed by atoms with Crippen molar-refractivity contribution in [1.82, 2.24) is 19.8 Å². The molecule has 1 atom stereocenters. The Morgan fingerprint density at radius 3 is 2.50 bits per heavy atom. The summed E-state index contributed by atoms with van der Waals surface area (Å²) in [6.45, 7) is 1.67. The van der Waals surface area contributed by atoms with Crippen LogP contribution in [0, 0.1) is 5.82 Å². The lowest BCUT2D eigenvalue weighted by atomic mass is 10.0. The predicted molar refractivity (Wildman–Crippen MR) is 155 cm³/mol. The van der Waals surface area contributed by atoms with Crippen molar-refractivity contribution in [2.75, 3.05) is 20.2 Å². The van der Waals surface area contributed by atoms with E-state index in [1.165, 1.54) is 27.8 Å². The number of nitrogens with one attached hydrogen (secondary N) is 1. The van der Waals surface area contributed by atoms with Crippen molar-refractivity contribution in [3.8, 4) is 5.75 Å². The van der Waals surface area contributed by atoms with Crippen LogP contribution in [0.5, 0.6) is 5.75 Å². The maximum absolute atomic E-state index is 13.6. The number of halogens is 1. The van der Waals surface area contributed by atoms with Crippen molar-refractivity contribution in [3.05, 3.63) is 105 Å². The molecule has 0 saturated heterocycles. The minimum Gasteiger partial charge on any atom is -0.505 e. The van der Waals surface area contributed by atoms with Gasteiger partial charge in [-0.2, -0.15) is 0 Å². The molecule has 0 saturated carbocycles. The molecule has 0 fully saturated rings. The van der Waals surface area contributed by atoms with Crippen LogP contribution in [-0.4, -0.2) is 62.9 Å². The van der Waals surface area contributed by atoms with Gasteiger partial charge in [0.2, 0.25) is 0 Å². The number of benzene rings is 2. The molecule has 2 aromatic carbocycles. The van der Waals surface area contributed by atoms with Crippen LogP contribution >= 0.6 is 0 Å². The third-order valence-corrected chi connectivity index (χ3v) is 6.73. The van der Waals surface area contributed by atoms with Gasteiger partial charge in [-0.15, -0.1) is 0 Å². The number of carbonyl (C=O) groups is 2. The number of carbonyl (C=O) groups excluding carboxylic acids is 2. The number of nitrogens with zero attached hydrogens (tertiary/aromatic N) is 3. The molecule has 0 bridgehead atoms. The molecule has 42 heavy (non-hydrogen) atoms. The van der Waals surface area contributed by atoms with Crippen molar-refractivity contribution in [3.63, 3.8) is 0 Å². The molecule has 11 heteroatoms. The first-order valence-electron chi connectivity index (χ1n) is 13.5. The van der Waals surface area contributed by atoms with Crippen LogP contribution in [0.3, 0.4) is 0 Å². The Kier molecular flexibility index (Phi) is 9.87. The lowest BCUT2D eigenvalue weighted by Crippen LogP contribution is -2.39. The van der Waals surface area contributed by atoms with Gasteiger partial charge in [-0.3, -0.25) is 14.6 Å². The van der Waals surface area contributed by atoms with E-state index in [4.69, 9.17) is 4.74 Å². The van der Waals surface area contributed by atoms with E-state index < -0.39 is 34.9 Å². The summed E-state index contributed by atoms with van der Waals surface area (Å²) in [5.41, 5.74) is 1.50. The quantitative estimate of drug-likeness (QED) is 0.248. The van der Waals surface area contributed by atoms with Crippen LogP contribution in [0.1, 0.15) is 40.4 Å². The zero-order valence-electron chi connectivity index (χ0n) is 23.4. The topological polar surface area (TPSA) is 134 Å². The predicted octanol–water partition coefficient (Wildman–Crippen LogP) is 3.60. The molecule has 0 aliphatic carbocycles. The second kappa shape index (κ2) is 13.7. The van der Waals surface area contributed by atoms with Gasteiger partial charge in [-0.1, -0.05) is 42.5 Å². The van der Waals surface area contributed by atoms with E-state index in [0.717, 1.165) is 11.1 Å². The number of aliphatic hydroxyl groups excluding tert-OH is 1. The molecule has 0 spiro atoms. The number of ether oxygens (including phenoxy) is 1. The van der Waals surface area contributed by atoms with Crippen molar-refractivity contribution in [2.45, 2.75) is 39.0 Å². The molecular weight excluding hydrogens is 543 g/mol. The highest BCUT2D eigenvalue weighted by Crippen LogP contribution is 2.26. The van der Waals surface area contributed by atoms with E-state index in [9.17, 15) is 29.0 Å². The first-order chi connectivity index (χ1) is 20.2. The fourth-order valence-electron chi connectivity index (χ4n) is 4.44. The van der Waals surface area contributed by atoms with E-state index >= 15 is 0 Å². The van der Waals surface area contributed by atoms with E-state index in [1.54, 1.807) is 32.2 Å². The van der Waals surface area contributed by atoms with E-state index in [-0.39, 0.29) is 37.6 Å². The summed E-state index contributed by atoms with van der Waals surface area (Å²) in [6, 6.07) is 16.3. The standard InChI is InChI=1S/C31H33FN4O6/c1-20(18-37)34-29(39)26-28(38)27-25(16-23(17-33-27)15-21-9-11-24(32)12-10-21)36(30(26)40)14-6-13-35(2)31(41)42-19-22-7-4-3-5-8-22/h3-5,7-12,16-17,20,37-38H,6,13-15,18-19H2,1-2H3,(H,34,39). The Bertz CT molecular complexity index is 1610. The van der Waals surface area contributed by atoms with E-state index in [2.05, 4.69) is 10.3 Å². The minimum absolute atomic E-state index is 0.0508. The Labute approximate surface area is 242 Å². The van der Waals surface area contributed by atoms with Gasteiger partial charge in [0.1, 0.15) is 23.5 Å². The highest BCUT2D eigenvalue weighted by molar-refractivity contribution is 6.01. The van der Waals surface area contributed by atoms with Gasteiger partial charge >= 0.3 is 6.09 Å². The molecule has 2 heterocycles. The Morgan fingerprint density at radius 2 is 1.81 bits per heavy atom. The molecule has 0 aliphatic rings. The van der Waals surface area contributed by atoms with E-state index in [0.29, 0.717) is 23.9 Å². The van der Waals surface area contributed by atoms with Crippen LogP contribution in [0.2, 0.25) is 0 Å². The third-order valence-electron chi connectivity index (χ3n) is 6.73. The Hall–Kier alpha value is -4.77. The molecular formula is C31H33FN4O6. The monoisotopic (exact) mass is 576 g/mol. The zero-order chi connectivity index (χ0) is 30.2. The second-order valence-electron chi connectivity index (χ2n) is 10.1. The van der Waals surface area contributed by atoms with Crippen LogP contribution < -0.4 is 10.9 Å². The number of pyridine rings is 2. The molecule has 2 aromatic heterocycles. The highest BCUT2D eigenvalue weighted by atomic mass is 19.1. The smallest absolute Gasteiger partial charge is 0.409 e. The van der Waals surface area contributed by atoms with Crippen molar-refractivity contribution >= 4 is 23.0 Å². The van der Waals surface area contributed by atoms with Crippen LogP contribution in [-0.2, 0) is 24.3 Å². The van der Waals surface area contributed by atoms with Gasteiger partial charge in [-0.05, 0) is 54.7 Å². The lowest BCUT2D eigenvalue weighted by molar-refractivity contribution is 0.0917. The summed E-state index contributed by atoms with van der Waals surface area (Å²) in [5.74, 6) is -1.76. The summed E-state index contributed by atoms with van der Waals surface area (Å²) >= 11 is 0. The number of aliphatic hydroxyl groups is 1. The molecule has 1 unspecified atom stereocenters. The Balaban J connectivity index is 1.60. The van der Waals surface area contributed by atoms with Gasteiger partial charge < -0.3 is 29.7 Å². The first kappa shape index (κ1) is 30.2. The molecule has 0 radical (unpaired) electrons. The highest BCUT2D eigenvalue weighted by Gasteiger charge is 2.24. The summed E-state index contributed by atoms with van der Waals surface area (Å²) < 4.78 is 20.1. The van der Waals surface area contributed by atoms with Gasteiger partial charge in [0.15, 0.2) is 5.75 Å². The van der Waals surface area contributed by atoms with Crippen LogP contribution in [0.15, 0.2) is 71.7 Å². The summed E-state index contributed by atoms with van der Waals surface area (Å²) in [5, 5.41) is 22.8. The van der Waals surface area contributed by atoms with Gasteiger partial charge in [0.25, 0.3) is 11.5 Å². The zero-order valence-corrected chi connectivity index (χ0v) is 23.4.